The third-order valence-corrected chi connectivity index (χ3v) is 3.37. The van der Waals surface area contributed by atoms with E-state index in [9.17, 15) is 4.79 Å². The van der Waals surface area contributed by atoms with Gasteiger partial charge < -0.3 is 0 Å². The number of rotatable bonds is 4. The third kappa shape index (κ3) is 2.45. The lowest BCUT2D eigenvalue weighted by Gasteiger charge is -2.00. The predicted molar refractivity (Wildman–Crippen MR) is 76.4 cm³/mol. The largest absolute Gasteiger partial charge is 0.294 e. The van der Waals surface area contributed by atoms with Gasteiger partial charge in [-0.15, -0.1) is 0 Å². The lowest BCUT2D eigenvalue weighted by molar-refractivity contribution is 0.0982. The van der Waals surface area contributed by atoms with Gasteiger partial charge in [0, 0.05) is 12.0 Å². The van der Waals surface area contributed by atoms with Crippen molar-refractivity contribution >= 4 is 5.78 Å². The molecule has 0 aliphatic heterocycles. The summed E-state index contributed by atoms with van der Waals surface area (Å²) in [6.45, 7) is 6.41. The second kappa shape index (κ2) is 5.34. The summed E-state index contributed by atoms with van der Waals surface area (Å²) >= 11 is 0. The van der Waals surface area contributed by atoms with Crippen molar-refractivity contribution in [2.75, 3.05) is 0 Å². The molecule has 0 saturated carbocycles. The van der Waals surface area contributed by atoms with Crippen LogP contribution in [-0.2, 0) is 0 Å². The minimum Gasteiger partial charge on any atom is -0.294 e. The number of Topliss-reactive ketones (excluding diaryl/α,β-unsaturated/α-hetero) is 1. The zero-order valence-electron chi connectivity index (χ0n) is 11.4. The van der Waals surface area contributed by atoms with Crippen LogP contribution < -0.4 is 0 Å². The zero-order chi connectivity index (χ0) is 13.1. The van der Waals surface area contributed by atoms with Gasteiger partial charge in [-0.05, 0) is 29.0 Å². The number of hydrogen-bond donors (Lipinski definition) is 0. The van der Waals surface area contributed by atoms with E-state index in [-0.39, 0.29) is 5.78 Å². The predicted octanol–water partition coefficient (Wildman–Crippen LogP) is 4.90. The zero-order valence-corrected chi connectivity index (χ0v) is 11.4. The van der Waals surface area contributed by atoms with E-state index in [0.29, 0.717) is 12.3 Å². The molecule has 0 N–H and O–H groups in total. The first-order chi connectivity index (χ1) is 8.63. The normalized spacial score (nSPS) is 11.1. The number of fused-ring (bicyclic) bond motifs is 1. The molecule has 2 aliphatic rings. The van der Waals surface area contributed by atoms with E-state index in [2.05, 4.69) is 38.1 Å². The van der Waals surface area contributed by atoms with E-state index in [1.807, 2.05) is 19.1 Å². The van der Waals surface area contributed by atoms with Crippen molar-refractivity contribution in [1.82, 2.24) is 0 Å². The van der Waals surface area contributed by atoms with Crippen molar-refractivity contribution in [3.8, 4) is 11.1 Å². The Balaban J connectivity index is 2.46. The van der Waals surface area contributed by atoms with Crippen LogP contribution in [0, 0.1) is 0 Å². The molecule has 0 saturated heterocycles. The molecule has 0 amide bonds. The molecular weight excluding hydrogens is 220 g/mol. The summed E-state index contributed by atoms with van der Waals surface area (Å²) in [5.74, 6) is 0.765. The van der Waals surface area contributed by atoms with Gasteiger partial charge >= 0.3 is 0 Å². The van der Waals surface area contributed by atoms with Crippen LogP contribution in [0.4, 0.5) is 0 Å². The fourth-order valence-corrected chi connectivity index (χ4v) is 2.25. The second-order valence-corrected chi connectivity index (χ2v) is 5.11. The first-order valence-corrected chi connectivity index (χ1v) is 6.69. The van der Waals surface area contributed by atoms with E-state index in [1.165, 1.54) is 5.56 Å². The van der Waals surface area contributed by atoms with Crippen molar-refractivity contribution in [2.24, 2.45) is 0 Å². The Kier molecular flexibility index (Phi) is 3.81. The summed E-state index contributed by atoms with van der Waals surface area (Å²) in [5, 5.41) is 0. The monoisotopic (exact) mass is 240 g/mol. The maximum Gasteiger partial charge on any atom is 0.163 e. The van der Waals surface area contributed by atoms with Crippen molar-refractivity contribution in [3.05, 3.63) is 47.5 Å². The van der Waals surface area contributed by atoms with Crippen LogP contribution in [-0.4, -0.2) is 5.78 Å². The summed E-state index contributed by atoms with van der Waals surface area (Å²) in [4.78, 5) is 12.0. The van der Waals surface area contributed by atoms with Crippen molar-refractivity contribution < 1.29 is 4.79 Å². The molecule has 0 aromatic rings. The molecule has 1 heteroatoms. The van der Waals surface area contributed by atoms with Crippen molar-refractivity contribution in [1.29, 1.82) is 0 Å². The molecule has 0 heterocycles. The molecular formula is C17H20O. The molecule has 0 aromatic carbocycles. The molecule has 1 nitrogen and oxygen atoms in total. The Morgan fingerprint density at radius 2 is 1.72 bits per heavy atom. The highest BCUT2D eigenvalue weighted by atomic mass is 16.1. The fourth-order valence-electron chi connectivity index (χ4n) is 2.25. The van der Waals surface area contributed by atoms with E-state index in [4.69, 9.17) is 0 Å². The summed E-state index contributed by atoms with van der Waals surface area (Å²) in [5.41, 5.74) is 4.42. The van der Waals surface area contributed by atoms with Gasteiger partial charge in [0.15, 0.2) is 5.78 Å². The maximum absolute atomic E-state index is 12.0. The molecule has 0 spiro atoms. The Morgan fingerprint density at radius 1 is 1.06 bits per heavy atom. The Hall–Kier alpha value is -1.63. The van der Waals surface area contributed by atoms with Crippen LogP contribution >= 0.6 is 0 Å². The molecule has 0 atom stereocenters. The number of ketones is 1. The third-order valence-electron chi connectivity index (χ3n) is 3.37. The van der Waals surface area contributed by atoms with Crippen LogP contribution in [0.5, 0.6) is 0 Å². The summed E-state index contributed by atoms with van der Waals surface area (Å²) in [7, 11) is 0. The summed E-state index contributed by atoms with van der Waals surface area (Å²) in [6, 6.07) is 12.5. The molecule has 0 aromatic heterocycles. The lowest BCUT2D eigenvalue weighted by Crippen LogP contribution is -1.96. The summed E-state index contributed by atoms with van der Waals surface area (Å²) < 4.78 is 0. The average molecular weight is 240 g/mol. The Bertz CT molecular complexity index is 525. The van der Waals surface area contributed by atoms with Crippen LogP contribution in [0.1, 0.15) is 55.5 Å². The average Bonchev–Trinajstić information content (AvgIpc) is 2.61. The lowest BCUT2D eigenvalue weighted by atomic mass is 10.0. The van der Waals surface area contributed by atoms with Gasteiger partial charge in [-0.25, -0.2) is 0 Å². The molecule has 0 fully saturated rings. The van der Waals surface area contributed by atoms with Crippen LogP contribution in [0.2, 0.25) is 0 Å². The van der Waals surface area contributed by atoms with Gasteiger partial charge in [0.25, 0.3) is 0 Å². The molecule has 0 unspecified atom stereocenters. The van der Waals surface area contributed by atoms with Gasteiger partial charge in [0.1, 0.15) is 0 Å². The van der Waals surface area contributed by atoms with E-state index < -0.39 is 0 Å². The van der Waals surface area contributed by atoms with Crippen LogP contribution in [0.15, 0.2) is 36.4 Å². The summed E-state index contributed by atoms with van der Waals surface area (Å²) in [6.07, 6.45) is 1.54. The van der Waals surface area contributed by atoms with Crippen LogP contribution in [0.3, 0.4) is 0 Å². The minimum absolute atomic E-state index is 0.254. The van der Waals surface area contributed by atoms with E-state index in [0.717, 1.165) is 23.1 Å². The molecule has 2 rings (SSSR count). The number of hydrogen-bond acceptors (Lipinski definition) is 1. The van der Waals surface area contributed by atoms with Crippen molar-refractivity contribution in [2.45, 2.75) is 39.5 Å². The van der Waals surface area contributed by atoms with Crippen LogP contribution in [0.25, 0.3) is 11.1 Å². The molecule has 0 bridgehead atoms. The Morgan fingerprint density at radius 3 is 2.39 bits per heavy atom. The van der Waals surface area contributed by atoms with E-state index >= 15 is 0 Å². The highest BCUT2D eigenvalue weighted by Crippen LogP contribution is 2.29. The van der Waals surface area contributed by atoms with E-state index in [1.54, 1.807) is 0 Å². The molecule has 18 heavy (non-hydrogen) atoms. The van der Waals surface area contributed by atoms with Gasteiger partial charge in [0.2, 0.25) is 0 Å². The second-order valence-electron chi connectivity index (χ2n) is 5.11. The first kappa shape index (κ1) is 12.8. The van der Waals surface area contributed by atoms with Gasteiger partial charge in [-0.3, -0.25) is 4.79 Å². The van der Waals surface area contributed by atoms with Crippen molar-refractivity contribution in [3.63, 3.8) is 0 Å². The highest BCUT2D eigenvalue weighted by Gasteiger charge is 2.14. The number of carbonyl (C=O) groups is 1. The standard InChI is InChI=1S/C17H20O/c1-4-5-17(18)16-11-9-14-7-6-13(12(2)3)8-10-15(14)16/h6-12H,4-5H2,1-3H3. The molecule has 0 radical (unpaired) electrons. The highest BCUT2D eigenvalue weighted by molar-refractivity contribution is 6.03. The first-order valence-electron chi connectivity index (χ1n) is 6.69. The molecule has 2 aliphatic carbocycles. The number of carbonyl (C=O) groups excluding carboxylic acids is 1. The fraction of sp³-hybridized carbons (Fsp3) is 0.353. The topological polar surface area (TPSA) is 17.1 Å². The maximum atomic E-state index is 12.0. The minimum atomic E-state index is 0.254. The van der Waals surface area contributed by atoms with Gasteiger partial charge in [0.05, 0.1) is 0 Å². The SMILES string of the molecule is CCCC(=O)c1ccc2ccc(C(C)C)ccc1-2. The van der Waals surface area contributed by atoms with Gasteiger partial charge in [-0.1, -0.05) is 57.2 Å². The van der Waals surface area contributed by atoms with Gasteiger partial charge in [-0.2, -0.15) is 0 Å². The molecule has 94 valence electrons. The smallest absolute Gasteiger partial charge is 0.163 e. The Labute approximate surface area is 109 Å². The quantitative estimate of drug-likeness (QED) is 0.695.